The Balaban J connectivity index is 2.32. The fourth-order valence-electron chi connectivity index (χ4n) is 2.41. The smallest absolute Gasteiger partial charge is 0.107 e. The molecule has 0 radical (unpaired) electrons. The van der Waals surface area contributed by atoms with Gasteiger partial charge in [-0.3, -0.25) is 4.98 Å². The number of hydrogen-bond acceptors (Lipinski definition) is 3. The first kappa shape index (κ1) is 9.75. The molecule has 1 aromatic heterocycles. The van der Waals surface area contributed by atoms with Gasteiger partial charge in [0.25, 0.3) is 0 Å². The molecule has 3 heteroatoms. The van der Waals surface area contributed by atoms with E-state index in [0.717, 1.165) is 28.5 Å². The average Bonchev–Trinajstić information content (AvgIpc) is 2.33. The molecule has 1 aliphatic rings. The second-order valence-corrected chi connectivity index (χ2v) is 4.26. The maximum Gasteiger partial charge on any atom is 0.107 e. The van der Waals surface area contributed by atoms with Crippen molar-refractivity contribution in [2.45, 2.75) is 25.0 Å². The summed E-state index contributed by atoms with van der Waals surface area (Å²) >= 11 is 0. The van der Waals surface area contributed by atoms with Gasteiger partial charge in [0.05, 0.1) is 11.6 Å². The Morgan fingerprint density at radius 3 is 2.94 bits per heavy atom. The van der Waals surface area contributed by atoms with Gasteiger partial charge in [0.2, 0.25) is 0 Å². The molecular weight excluding hydrogens is 202 g/mol. The van der Waals surface area contributed by atoms with Crippen molar-refractivity contribution in [3.8, 4) is 0 Å². The topological polar surface area (TPSA) is 53.4 Å². The molecule has 0 aliphatic heterocycles. The molecule has 0 saturated heterocycles. The first-order valence-corrected chi connectivity index (χ1v) is 5.50. The van der Waals surface area contributed by atoms with Crippen LogP contribution in [0.25, 0.3) is 10.9 Å². The predicted octanol–water partition coefficient (Wildman–Crippen LogP) is 1.58. The first-order valence-electron chi connectivity index (χ1n) is 5.50. The Morgan fingerprint density at radius 2 is 2.06 bits per heavy atom. The van der Waals surface area contributed by atoms with Crippen LogP contribution in [0.15, 0.2) is 30.5 Å². The van der Waals surface area contributed by atoms with Gasteiger partial charge in [0.15, 0.2) is 0 Å². The van der Waals surface area contributed by atoms with Crippen LogP contribution in [-0.4, -0.2) is 21.3 Å². The Morgan fingerprint density at radius 1 is 1.19 bits per heavy atom. The summed E-state index contributed by atoms with van der Waals surface area (Å²) in [5, 5.41) is 20.8. The molecule has 2 atom stereocenters. The predicted molar refractivity (Wildman–Crippen MR) is 61.0 cm³/mol. The molecule has 2 N–H and O–H groups in total. The Bertz CT molecular complexity index is 538. The number of aliphatic hydroxyl groups excluding tert-OH is 2. The summed E-state index contributed by atoms with van der Waals surface area (Å²) in [6.07, 6.45) is 1.67. The van der Waals surface area contributed by atoms with E-state index in [-0.39, 0.29) is 0 Å². The Labute approximate surface area is 93.4 Å². The summed E-state index contributed by atoms with van der Waals surface area (Å²) < 4.78 is 0. The van der Waals surface area contributed by atoms with Gasteiger partial charge in [0, 0.05) is 17.1 Å². The maximum atomic E-state index is 10.0. The number of hydrogen-bond donors (Lipinski definition) is 2. The zero-order valence-electron chi connectivity index (χ0n) is 8.80. The van der Waals surface area contributed by atoms with E-state index in [1.165, 1.54) is 0 Å². The molecule has 1 aliphatic carbocycles. The van der Waals surface area contributed by atoms with Crippen LogP contribution in [0.3, 0.4) is 0 Å². The van der Waals surface area contributed by atoms with Gasteiger partial charge in [-0.05, 0) is 24.5 Å². The summed E-state index contributed by atoms with van der Waals surface area (Å²) in [6.45, 7) is 0. The molecule has 0 fully saturated rings. The molecular formula is C13H13NO2. The van der Waals surface area contributed by atoms with Crippen LogP contribution in [0.1, 0.15) is 23.7 Å². The van der Waals surface area contributed by atoms with Crippen molar-refractivity contribution in [1.29, 1.82) is 0 Å². The number of rotatable bonds is 0. The highest BCUT2D eigenvalue weighted by molar-refractivity contribution is 5.83. The summed E-state index contributed by atoms with van der Waals surface area (Å²) in [7, 11) is 0. The van der Waals surface area contributed by atoms with E-state index < -0.39 is 12.2 Å². The number of aromatic nitrogens is 1. The van der Waals surface area contributed by atoms with Crippen molar-refractivity contribution in [3.05, 3.63) is 41.6 Å². The zero-order chi connectivity index (χ0) is 11.1. The lowest BCUT2D eigenvalue weighted by molar-refractivity contribution is 0.00735. The minimum absolute atomic E-state index is 0.618. The average molecular weight is 215 g/mol. The highest BCUT2D eigenvalue weighted by atomic mass is 16.3. The second kappa shape index (κ2) is 3.54. The quantitative estimate of drug-likeness (QED) is 0.701. The number of aliphatic hydroxyl groups is 2. The molecule has 82 valence electrons. The fourth-order valence-corrected chi connectivity index (χ4v) is 2.41. The van der Waals surface area contributed by atoms with Gasteiger partial charge in [0.1, 0.15) is 6.10 Å². The van der Waals surface area contributed by atoms with Crippen LogP contribution in [-0.2, 0) is 6.42 Å². The molecule has 0 amide bonds. The number of benzene rings is 1. The van der Waals surface area contributed by atoms with Gasteiger partial charge in [-0.15, -0.1) is 0 Å². The molecule has 1 aromatic carbocycles. The van der Waals surface area contributed by atoms with Crippen molar-refractivity contribution in [2.75, 3.05) is 0 Å². The van der Waals surface area contributed by atoms with Gasteiger partial charge in [-0.1, -0.05) is 18.2 Å². The van der Waals surface area contributed by atoms with Gasteiger partial charge in [-0.2, -0.15) is 0 Å². The van der Waals surface area contributed by atoms with Crippen molar-refractivity contribution in [3.63, 3.8) is 0 Å². The van der Waals surface area contributed by atoms with E-state index in [1.807, 2.05) is 24.3 Å². The SMILES string of the molecule is O[C@@H]1c2c(ccc3cccnc23)CC[C@@H]1O. The molecule has 3 nitrogen and oxygen atoms in total. The maximum absolute atomic E-state index is 10.0. The van der Waals surface area contributed by atoms with Crippen molar-refractivity contribution < 1.29 is 10.2 Å². The van der Waals surface area contributed by atoms with E-state index in [2.05, 4.69) is 4.98 Å². The third-order valence-electron chi connectivity index (χ3n) is 3.27. The molecule has 3 rings (SSSR count). The highest BCUT2D eigenvalue weighted by Crippen LogP contribution is 2.34. The Kier molecular flexibility index (Phi) is 2.16. The molecule has 0 bridgehead atoms. The summed E-state index contributed by atoms with van der Waals surface area (Å²) in [6, 6.07) is 7.89. The van der Waals surface area contributed by atoms with Gasteiger partial charge < -0.3 is 10.2 Å². The van der Waals surface area contributed by atoms with Gasteiger partial charge in [-0.25, -0.2) is 0 Å². The largest absolute Gasteiger partial charge is 0.390 e. The van der Waals surface area contributed by atoms with E-state index in [0.29, 0.717) is 6.42 Å². The second-order valence-electron chi connectivity index (χ2n) is 4.26. The van der Waals surface area contributed by atoms with Gasteiger partial charge >= 0.3 is 0 Å². The van der Waals surface area contributed by atoms with E-state index >= 15 is 0 Å². The lowest BCUT2D eigenvalue weighted by Crippen LogP contribution is -2.25. The number of aryl methyl sites for hydroxylation is 1. The van der Waals surface area contributed by atoms with Crippen LogP contribution >= 0.6 is 0 Å². The van der Waals surface area contributed by atoms with E-state index in [4.69, 9.17) is 0 Å². The Hall–Kier alpha value is -1.45. The van der Waals surface area contributed by atoms with Crippen LogP contribution in [0.2, 0.25) is 0 Å². The first-order chi connectivity index (χ1) is 7.77. The summed E-state index contributed by atoms with van der Waals surface area (Å²) in [5.74, 6) is 0. The van der Waals surface area contributed by atoms with E-state index in [1.54, 1.807) is 6.20 Å². The molecule has 1 heterocycles. The number of pyridine rings is 1. The fraction of sp³-hybridized carbons (Fsp3) is 0.308. The standard InChI is InChI=1S/C13H13NO2/c15-10-6-5-8-3-4-9-2-1-7-14-12(9)11(8)13(10)16/h1-4,7,10,13,15-16H,5-6H2/t10-,13-/m0/s1. The molecule has 16 heavy (non-hydrogen) atoms. The molecule has 0 unspecified atom stereocenters. The normalized spacial score (nSPS) is 24.4. The minimum atomic E-state index is -0.803. The van der Waals surface area contributed by atoms with Crippen molar-refractivity contribution >= 4 is 10.9 Å². The number of nitrogens with zero attached hydrogens (tertiary/aromatic N) is 1. The lowest BCUT2D eigenvalue weighted by atomic mass is 9.86. The third kappa shape index (κ3) is 1.32. The summed E-state index contributed by atoms with van der Waals surface area (Å²) in [5.41, 5.74) is 2.71. The third-order valence-corrected chi connectivity index (χ3v) is 3.27. The highest BCUT2D eigenvalue weighted by Gasteiger charge is 2.28. The monoisotopic (exact) mass is 215 g/mol. The molecule has 2 aromatic rings. The lowest BCUT2D eigenvalue weighted by Gasteiger charge is -2.27. The molecule has 0 saturated carbocycles. The van der Waals surface area contributed by atoms with Crippen LogP contribution in [0, 0.1) is 0 Å². The minimum Gasteiger partial charge on any atom is -0.390 e. The van der Waals surface area contributed by atoms with E-state index in [9.17, 15) is 10.2 Å². The van der Waals surface area contributed by atoms with Crippen molar-refractivity contribution in [2.24, 2.45) is 0 Å². The van der Waals surface area contributed by atoms with Crippen LogP contribution in [0.4, 0.5) is 0 Å². The molecule has 0 spiro atoms. The van der Waals surface area contributed by atoms with Crippen LogP contribution < -0.4 is 0 Å². The van der Waals surface area contributed by atoms with Crippen molar-refractivity contribution in [1.82, 2.24) is 4.98 Å². The zero-order valence-corrected chi connectivity index (χ0v) is 8.80. The summed E-state index contributed by atoms with van der Waals surface area (Å²) in [4.78, 5) is 4.31. The van der Waals surface area contributed by atoms with Crippen LogP contribution in [0.5, 0.6) is 0 Å². The number of fused-ring (bicyclic) bond motifs is 3.